The monoisotopic (exact) mass is 355 g/mol. The summed E-state index contributed by atoms with van der Waals surface area (Å²) in [5.74, 6) is 0.593. The minimum atomic E-state index is -0.116. The van der Waals surface area contributed by atoms with Crippen LogP contribution in [0.3, 0.4) is 0 Å². The zero-order chi connectivity index (χ0) is 18.1. The number of hydrogen-bond acceptors (Lipinski definition) is 6. The van der Waals surface area contributed by atoms with E-state index in [4.69, 9.17) is 0 Å². The van der Waals surface area contributed by atoms with Gasteiger partial charge >= 0.3 is 0 Å². The number of rotatable bonds is 3. The predicted molar refractivity (Wildman–Crippen MR) is 106 cm³/mol. The van der Waals surface area contributed by atoms with Crippen LogP contribution >= 0.6 is 11.3 Å². The van der Waals surface area contributed by atoms with Gasteiger partial charge in [-0.1, -0.05) is 6.08 Å². The second-order valence-electron chi connectivity index (χ2n) is 6.19. The van der Waals surface area contributed by atoms with E-state index in [1.165, 1.54) is 15.9 Å². The van der Waals surface area contributed by atoms with Crippen molar-refractivity contribution in [3.8, 4) is 0 Å². The van der Waals surface area contributed by atoms with Gasteiger partial charge in [-0.25, -0.2) is 14.5 Å². The van der Waals surface area contributed by atoms with E-state index >= 15 is 0 Å². The summed E-state index contributed by atoms with van der Waals surface area (Å²) in [5, 5.41) is 0.921. The summed E-state index contributed by atoms with van der Waals surface area (Å²) >= 11 is 1.38. The quantitative estimate of drug-likeness (QED) is 0.534. The molecule has 130 valence electrons. The molecule has 3 rings (SSSR count). The first kappa shape index (κ1) is 17.3. The van der Waals surface area contributed by atoms with Gasteiger partial charge in [0, 0.05) is 26.3 Å². The Bertz CT molecular complexity index is 1040. The lowest BCUT2D eigenvalue weighted by Crippen LogP contribution is -2.26. The molecular formula is C18H21N5OS. The Labute approximate surface area is 150 Å². The number of allylic oxidation sites excluding steroid dienone is 2. The summed E-state index contributed by atoms with van der Waals surface area (Å²) in [6.07, 6.45) is 7.02. The van der Waals surface area contributed by atoms with Gasteiger partial charge in [0.25, 0.3) is 5.56 Å². The van der Waals surface area contributed by atoms with Crippen molar-refractivity contribution in [1.82, 2.24) is 14.5 Å². The third-order valence-electron chi connectivity index (χ3n) is 3.69. The second kappa shape index (κ2) is 6.76. The average molecular weight is 355 g/mol. The van der Waals surface area contributed by atoms with Crippen molar-refractivity contribution in [3.05, 3.63) is 41.1 Å². The molecule has 0 unspecified atom stereocenters. The van der Waals surface area contributed by atoms with Gasteiger partial charge in [0.2, 0.25) is 0 Å². The molecule has 0 aliphatic carbocycles. The number of aliphatic imine (C=N–C) groups is 1. The number of fused-ring (bicyclic) bond motifs is 3. The van der Waals surface area contributed by atoms with Gasteiger partial charge in [-0.15, -0.1) is 11.3 Å². The van der Waals surface area contributed by atoms with Crippen molar-refractivity contribution in [2.24, 2.45) is 4.99 Å². The topological polar surface area (TPSA) is 63.4 Å². The lowest BCUT2D eigenvalue weighted by atomic mass is 10.2. The van der Waals surface area contributed by atoms with Gasteiger partial charge < -0.3 is 4.90 Å². The summed E-state index contributed by atoms with van der Waals surface area (Å²) in [4.78, 5) is 29.4. The smallest absolute Gasteiger partial charge is 0.277 e. The fourth-order valence-electron chi connectivity index (χ4n) is 2.67. The maximum Gasteiger partial charge on any atom is 0.277 e. The summed E-state index contributed by atoms with van der Waals surface area (Å²) in [7, 11) is 3.94. The molecule has 3 heterocycles. The third-order valence-corrected chi connectivity index (χ3v) is 4.77. The molecule has 25 heavy (non-hydrogen) atoms. The Balaban J connectivity index is 2.34. The molecule has 0 radical (unpaired) electrons. The number of thiophene rings is 1. The summed E-state index contributed by atoms with van der Waals surface area (Å²) in [5.41, 5.74) is 1.59. The van der Waals surface area contributed by atoms with Crippen molar-refractivity contribution < 1.29 is 0 Å². The van der Waals surface area contributed by atoms with Gasteiger partial charge in [-0.2, -0.15) is 0 Å². The Hall–Kier alpha value is -2.54. The summed E-state index contributed by atoms with van der Waals surface area (Å²) in [6.45, 7) is 5.86. The van der Waals surface area contributed by atoms with Crippen molar-refractivity contribution in [1.29, 1.82) is 0 Å². The Morgan fingerprint density at radius 1 is 1.36 bits per heavy atom. The largest absolute Gasteiger partial charge is 0.377 e. The van der Waals surface area contributed by atoms with E-state index in [0.29, 0.717) is 16.1 Å². The fourth-order valence-corrected chi connectivity index (χ4v) is 3.72. The highest BCUT2D eigenvalue weighted by atomic mass is 32.1. The molecule has 0 aliphatic heterocycles. The molecule has 0 aliphatic rings. The van der Waals surface area contributed by atoms with Crippen LogP contribution in [0.4, 0.5) is 5.69 Å². The van der Waals surface area contributed by atoms with Crippen LogP contribution in [0.25, 0.3) is 20.4 Å². The molecule has 0 saturated heterocycles. The SMILES string of the molecule is C/C=C\C(=N/C(C)C)n1cnc2c(sc3nccc(N(C)C)c32)c1=O. The first-order chi connectivity index (χ1) is 11.9. The number of aromatic nitrogens is 3. The van der Waals surface area contributed by atoms with E-state index in [2.05, 4.69) is 15.0 Å². The zero-order valence-electron chi connectivity index (χ0n) is 15.0. The van der Waals surface area contributed by atoms with Crippen LogP contribution in [-0.4, -0.2) is 40.5 Å². The summed E-state index contributed by atoms with van der Waals surface area (Å²) < 4.78 is 2.10. The van der Waals surface area contributed by atoms with Gasteiger partial charge in [0.15, 0.2) is 0 Å². The van der Waals surface area contributed by atoms with Crippen molar-refractivity contribution in [3.63, 3.8) is 0 Å². The number of hydrogen-bond donors (Lipinski definition) is 0. The third kappa shape index (κ3) is 3.07. The molecule has 0 atom stereocenters. The fraction of sp³-hybridized carbons (Fsp3) is 0.333. The molecule has 0 aromatic carbocycles. The van der Waals surface area contributed by atoms with Crippen LogP contribution in [-0.2, 0) is 0 Å². The predicted octanol–water partition coefficient (Wildman–Crippen LogP) is 3.30. The highest BCUT2D eigenvalue weighted by Gasteiger charge is 2.17. The second-order valence-corrected chi connectivity index (χ2v) is 7.18. The normalized spacial score (nSPS) is 12.8. The molecule has 0 N–H and O–H groups in total. The zero-order valence-corrected chi connectivity index (χ0v) is 15.8. The average Bonchev–Trinajstić information content (AvgIpc) is 2.94. The highest BCUT2D eigenvalue weighted by Crippen LogP contribution is 2.34. The van der Waals surface area contributed by atoms with E-state index in [9.17, 15) is 4.79 Å². The molecule has 7 heteroatoms. The molecule has 3 aromatic rings. The van der Waals surface area contributed by atoms with E-state index < -0.39 is 0 Å². The molecule has 0 amide bonds. The van der Waals surface area contributed by atoms with Crippen molar-refractivity contribution >= 4 is 43.3 Å². The van der Waals surface area contributed by atoms with Gasteiger partial charge in [-0.3, -0.25) is 9.79 Å². The lowest BCUT2D eigenvalue weighted by Gasteiger charge is -2.13. The van der Waals surface area contributed by atoms with E-state index in [1.807, 2.05) is 58.0 Å². The van der Waals surface area contributed by atoms with Crippen LogP contribution in [0, 0.1) is 0 Å². The Morgan fingerprint density at radius 2 is 2.12 bits per heavy atom. The highest BCUT2D eigenvalue weighted by molar-refractivity contribution is 7.25. The maximum atomic E-state index is 13.1. The number of pyridine rings is 1. The molecule has 6 nitrogen and oxygen atoms in total. The standard InChI is InChI=1S/C18H21N5OS/c1-6-7-13(21-11(2)3)23-10-20-15-14-12(22(4)5)8-9-19-17(14)25-16(15)18(23)24/h6-11H,1-5H3/b7-6-,21-13+. The first-order valence-corrected chi connectivity index (χ1v) is 8.92. The van der Waals surface area contributed by atoms with Gasteiger partial charge in [0.05, 0.1) is 11.1 Å². The van der Waals surface area contributed by atoms with E-state index in [-0.39, 0.29) is 11.6 Å². The molecule has 3 aromatic heterocycles. The van der Waals surface area contributed by atoms with Gasteiger partial charge in [-0.05, 0) is 32.9 Å². The van der Waals surface area contributed by atoms with Crippen LogP contribution < -0.4 is 10.5 Å². The van der Waals surface area contributed by atoms with Crippen LogP contribution in [0.2, 0.25) is 0 Å². The molecule has 0 spiro atoms. The molecule has 0 saturated carbocycles. The molecule has 0 bridgehead atoms. The first-order valence-electron chi connectivity index (χ1n) is 8.11. The van der Waals surface area contributed by atoms with Crippen LogP contribution in [0.1, 0.15) is 20.8 Å². The van der Waals surface area contributed by atoms with Crippen molar-refractivity contribution in [2.75, 3.05) is 19.0 Å². The number of nitrogens with zero attached hydrogens (tertiary/aromatic N) is 5. The minimum Gasteiger partial charge on any atom is -0.377 e. The summed E-state index contributed by atoms with van der Waals surface area (Å²) in [6, 6.07) is 2.02. The van der Waals surface area contributed by atoms with E-state index in [1.54, 1.807) is 12.5 Å². The maximum absolute atomic E-state index is 13.1. The minimum absolute atomic E-state index is 0.0817. The van der Waals surface area contributed by atoms with Gasteiger partial charge in [0.1, 0.15) is 27.2 Å². The Morgan fingerprint density at radius 3 is 2.76 bits per heavy atom. The van der Waals surface area contributed by atoms with E-state index in [0.717, 1.165) is 15.9 Å². The molecule has 0 fully saturated rings. The Kier molecular flexibility index (Phi) is 4.67. The van der Waals surface area contributed by atoms with Crippen LogP contribution in [0.5, 0.6) is 0 Å². The van der Waals surface area contributed by atoms with Crippen molar-refractivity contribution in [2.45, 2.75) is 26.8 Å². The lowest BCUT2D eigenvalue weighted by molar-refractivity contribution is 0.823. The number of anilines is 1. The molecular weight excluding hydrogens is 334 g/mol. The van der Waals surface area contributed by atoms with Crippen LogP contribution in [0.15, 0.2) is 40.5 Å².